The van der Waals surface area contributed by atoms with E-state index in [1.165, 1.54) is 10.9 Å². The largest absolute Gasteiger partial charge is 0.395 e. The number of amides is 2. The zero-order chi connectivity index (χ0) is 15.5. The van der Waals surface area contributed by atoms with E-state index < -0.39 is 0 Å². The first-order valence-electron chi connectivity index (χ1n) is 7.41. The summed E-state index contributed by atoms with van der Waals surface area (Å²) in [5.74, 6) is 0. The summed E-state index contributed by atoms with van der Waals surface area (Å²) < 4.78 is 2.26. The third-order valence-electron chi connectivity index (χ3n) is 3.74. The van der Waals surface area contributed by atoms with Gasteiger partial charge in [-0.3, -0.25) is 0 Å². The Morgan fingerprint density at radius 3 is 2.68 bits per heavy atom. The Labute approximate surface area is 128 Å². The Morgan fingerprint density at radius 2 is 1.91 bits per heavy atom. The van der Waals surface area contributed by atoms with Crippen molar-refractivity contribution >= 4 is 33.5 Å². The van der Waals surface area contributed by atoms with Crippen molar-refractivity contribution in [3.05, 3.63) is 42.5 Å². The van der Waals surface area contributed by atoms with Crippen LogP contribution >= 0.6 is 0 Å². The second-order valence-corrected chi connectivity index (χ2v) is 5.10. The number of nitrogens with one attached hydrogen (secondary N) is 2. The lowest BCUT2D eigenvalue weighted by atomic mass is 10.1. The lowest BCUT2D eigenvalue weighted by Gasteiger charge is -2.07. The molecule has 3 N–H and O–H groups in total. The number of carbonyl (C=O) groups excluding carboxylic acids is 1. The molecule has 2 aromatic carbocycles. The maximum absolute atomic E-state index is 11.7. The van der Waals surface area contributed by atoms with E-state index in [2.05, 4.69) is 34.3 Å². The third kappa shape index (κ3) is 2.51. The van der Waals surface area contributed by atoms with Crippen LogP contribution in [0.25, 0.3) is 21.8 Å². The Morgan fingerprint density at radius 1 is 1.14 bits per heavy atom. The van der Waals surface area contributed by atoms with Gasteiger partial charge < -0.3 is 20.3 Å². The highest BCUT2D eigenvalue weighted by molar-refractivity contribution is 6.09. The van der Waals surface area contributed by atoms with Crippen LogP contribution in [0.2, 0.25) is 0 Å². The molecular formula is C17H19N3O2. The molecule has 0 spiro atoms. The average Bonchev–Trinajstić information content (AvgIpc) is 2.86. The van der Waals surface area contributed by atoms with Crippen LogP contribution in [0.1, 0.15) is 6.92 Å². The smallest absolute Gasteiger partial charge is 0.319 e. The summed E-state index contributed by atoms with van der Waals surface area (Å²) in [6.45, 7) is 3.19. The van der Waals surface area contributed by atoms with Crippen molar-refractivity contribution in [3.63, 3.8) is 0 Å². The number of aliphatic hydroxyl groups excluding tert-OH is 1. The first kappa shape index (κ1) is 14.4. The number of benzene rings is 2. The van der Waals surface area contributed by atoms with Crippen molar-refractivity contribution in [2.24, 2.45) is 0 Å². The standard InChI is InChI=1S/C17H19N3O2/c1-2-20-15-6-4-3-5-13(15)14-11-12(7-8-16(14)20)19-17(22)18-9-10-21/h3-8,11,21H,2,9-10H2,1H3,(H2,18,19,22). The van der Waals surface area contributed by atoms with Crippen molar-refractivity contribution in [1.29, 1.82) is 0 Å². The predicted octanol–water partition coefficient (Wildman–Crippen LogP) is 2.93. The molecule has 0 saturated heterocycles. The maximum atomic E-state index is 11.7. The van der Waals surface area contributed by atoms with E-state index >= 15 is 0 Å². The summed E-state index contributed by atoms with van der Waals surface area (Å²) in [5.41, 5.74) is 3.09. The molecule has 1 aromatic heterocycles. The van der Waals surface area contributed by atoms with Crippen LogP contribution in [-0.2, 0) is 6.54 Å². The highest BCUT2D eigenvalue weighted by Gasteiger charge is 2.10. The Hall–Kier alpha value is -2.53. The summed E-state index contributed by atoms with van der Waals surface area (Å²) in [6, 6.07) is 13.9. The zero-order valence-electron chi connectivity index (χ0n) is 12.5. The van der Waals surface area contributed by atoms with E-state index in [4.69, 9.17) is 5.11 Å². The molecule has 0 aliphatic carbocycles. The summed E-state index contributed by atoms with van der Waals surface area (Å²) in [7, 11) is 0. The molecule has 0 atom stereocenters. The number of aryl methyl sites for hydroxylation is 1. The topological polar surface area (TPSA) is 66.3 Å². The van der Waals surface area contributed by atoms with E-state index in [9.17, 15) is 4.79 Å². The van der Waals surface area contributed by atoms with Gasteiger partial charge in [0, 0.05) is 40.6 Å². The molecule has 3 aromatic rings. The lowest BCUT2D eigenvalue weighted by Crippen LogP contribution is -2.30. The number of fused-ring (bicyclic) bond motifs is 3. The van der Waals surface area contributed by atoms with Gasteiger partial charge in [0.2, 0.25) is 0 Å². The van der Waals surface area contributed by atoms with Crippen molar-refractivity contribution < 1.29 is 9.90 Å². The molecule has 1 heterocycles. The van der Waals surface area contributed by atoms with E-state index in [-0.39, 0.29) is 19.2 Å². The number of rotatable bonds is 4. The lowest BCUT2D eigenvalue weighted by molar-refractivity contribution is 0.245. The molecule has 0 fully saturated rings. The van der Waals surface area contributed by atoms with Crippen LogP contribution in [0, 0.1) is 0 Å². The minimum absolute atomic E-state index is 0.0730. The van der Waals surface area contributed by atoms with Crippen LogP contribution in [0.15, 0.2) is 42.5 Å². The number of para-hydroxylation sites is 1. The van der Waals surface area contributed by atoms with Crippen LogP contribution in [0.3, 0.4) is 0 Å². The fourth-order valence-corrected chi connectivity index (χ4v) is 2.82. The molecule has 0 saturated carbocycles. The minimum atomic E-state index is -0.312. The van der Waals surface area contributed by atoms with Gasteiger partial charge >= 0.3 is 6.03 Å². The summed E-state index contributed by atoms with van der Waals surface area (Å²) in [6.07, 6.45) is 0. The molecule has 0 aliphatic heterocycles. The van der Waals surface area contributed by atoms with Crippen molar-refractivity contribution in [1.82, 2.24) is 9.88 Å². The van der Waals surface area contributed by atoms with Gasteiger partial charge in [-0.15, -0.1) is 0 Å². The average molecular weight is 297 g/mol. The van der Waals surface area contributed by atoms with Crippen molar-refractivity contribution in [3.8, 4) is 0 Å². The number of urea groups is 1. The first-order chi connectivity index (χ1) is 10.7. The quantitative estimate of drug-likeness (QED) is 0.693. The Bertz CT molecular complexity index is 823. The number of nitrogens with zero attached hydrogens (tertiary/aromatic N) is 1. The Balaban J connectivity index is 2.02. The summed E-state index contributed by atoms with van der Waals surface area (Å²) in [5, 5.41) is 16.4. The van der Waals surface area contributed by atoms with Gasteiger partial charge in [-0.05, 0) is 31.2 Å². The molecule has 0 unspecified atom stereocenters. The van der Waals surface area contributed by atoms with E-state index in [0.29, 0.717) is 0 Å². The summed E-state index contributed by atoms with van der Waals surface area (Å²) >= 11 is 0. The van der Waals surface area contributed by atoms with Gasteiger partial charge in [-0.25, -0.2) is 4.79 Å². The van der Waals surface area contributed by atoms with Gasteiger partial charge in [0.05, 0.1) is 6.61 Å². The van der Waals surface area contributed by atoms with Crippen molar-refractivity contribution in [2.45, 2.75) is 13.5 Å². The number of anilines is 1. The number of carbonyl (C=O) groups is 1. The normalized spacial score (nSPS) is 11.0. The second-order valence-electron chi connectivity index (χ2n) is 5.10. The van der Waals surface area contributed by atoms with Crippen LogP contribution in [0.4, 0.5) is 10.5 Å². The maximum Gasteiger partial charge on any atom is 0.319 e. The molecule has 0 radical (unpaired) electrons. The molecular weight excluding hydrogens is 278 g/mol. The predicted molar refractivity (Wildman–Crippen MR) is 89.2 cm³/mol. The highest BCUT2D eigenvalue weighted by atomic mass is 16.3. The van der Waals surface area contributed by atoms with Gasteiger partial charge in [-0.1, -0.05) is 18.2 Å². The monoisotopic (exact) mass is 297 g/mol. The second kappa shape index (κ2) is 6.07. The van der Waals surface area contributed by atoms with Gasteiger partial charge in [-0.2, -0.15) is 0 Å². The van der Waals surface area contributed by atoms with E-state index in [0.717, 1.165) is 23.1 Å². The molecule has 114 valence electrons. The Kier molecular flexibility index (Phi) is 3.98. The van der Waals surface area contributed by atoms with Crippen LogP contribution in [-0.4, -0.2) is 28.9 Å². The molecule has 0 aliphatic rings. The van der Waals surface area contributed by atoms with Gasteiger partial charge in [0.1, 0.15) is 0 Å². The number of hydrogen-bond donors (Lipinski definition) is 3. The molecule has 3 rings (SSSR count). The number of aromatic nitrogens is 1. The van der Waals surface area contributed by atoms with E-state index in [1.807, 2.05) is 30.3 Å². The molecule has 22 heavy (non-hydrogen) atoms. The first-order valence-corrected chi connectivity index (χ1v) is 7.41. The fraction of sp³-hybridized carbons (Fsp3) is 0.235. The molecule has 0 bridgehead atoms. The van der Waals surface area contributed by atoms with Gasteiger partial charge in [0.25, 0.3) is 0 Å². The molecule has 2 amide bonds. The molecule has 5 nitrogen and oxygen atoms in total. The minimum Gasteiger partial charge on any atom is -0.395 e. The van der Waals surface area contributed by atoms with E-state index in [1.54, 1.807) is 0 Å². The third-order valence-corrected chi connectivity index (χ3v) is 3.74. The van der Waals surface area contributed by atoms with Crippen LogP contribution < -0.4 is 10.6 Å². The SMILES string of the molecule is CCn1c2ccccc2c2cc(NC(=O)NCCO)ccc21. The van der Waals surface area contributed by atoms with Crippen molar-refractivity contribution in [2.75, 3.05) is 18.5 Å². The highest BCUT2D eigenvalue weighted by Crippen LogP contribution is 2.30. The molecule has 5 heteroatoms. The summed E-state index contributed by atoms with van der Waals surface area (Å²) in [4.78, 5) is 11.7. The number of aliphatic hydroxyl groups is 1. The zero-order valence-corrected chi connectivity index (χ0v) is 12.5. The van der Waals surface area contributed by atoms with Gasteiger partial charge in [0.15, 0.2) is 0 Å². The van der Waals surface area contributed by atoms with Crippen LogP contribution in [0.5, 0.6) is 0 Å². The number of hydrogen-bond acceptors (Lipinski definition) is 2. The fourth-order valence-electron chi connectivity index (χ4n) is 2.82.